The summed E-state index contributed by atoms with van der Waals surface area (Å²) in [5.41, 5.74) is 0.783. The molecule has 2 unspecified atom stereocenters. The highest BCUT2D eigenvalue weighted by Gasteiger charge is 2.23. The molecular weight excluding hydrogens is 262 g/mol. The van der Waals surface area contributed by atoms with Crippen molar-refractivity contribution in [2.75, 3.05) is 32.2 Å². The van der Waals surface area contributed by atoms with Crippen molar-refractivity contribution in [3.8, 4) is 11.5 Å². The number of thioether (sulfide) groups is 1. The van der Waals surface area contributed by atoms with E-state index in [1.54, 1.807) is 7.11 Å². The molecule has 1 saturated heterocycles. The molecule has 1 aromatic carbocycles. The van der Waals surface area contributed by atoms with Crippen molar-refractivity contribution in [2.24, 2.45) is 0 Å². The molecule has 2 N–H and O–H groups in total. The second-order valence-electron chi connectivity index (χ2n) is 4.56. The van der Waals surface area contributed by atoms with Crippen LogP contribution in [0, 0.1) is 0 Å². The third-order valence-corrected chi connectivity index (χ3v) is 4.29. The molecule has 1 fully saturated rings. The van der Waals surface area contributed by atoms with Gasteiger partial charge in [-0.1, -0.05) is 12.1 Å². The minimum absolute atomic E-state index is 0.210. The summed E-state index contributed by atoms with van der Waals surface area (Å²) >= 11 is 1.90. The van der Waals surface area contributed by atoms with Crippen LogP contribution >= 0.6 is 11.8 Å². The van der Waals surface area contributed by atoms with Gasteiger partial charge in [0.25, 0.3) is 0 Å². The summed E-state index contributed by atoms with van der Waals surface area (Å²) in [5, 5.41) is 13.2. The number of methoxy groups -OCH3 is 1. The average Bonchev–Trinajstić information content (AvgIpc) is 2.92. The largest absolute Gasteiger partial charge is 0.493 e. The third kappa shape index (κ3) is 3.55. The fourth-order valence-corrected chi connectivity index (χ4v) is 3.25. The molecule has 5 heteroatoms. The molecule has 0 aromatic heterocycles. The number of aliphatic hydroxyl groups is 1. The molecule has 4 nitrogen and oxygen atoms in total. The van der Waals surface area contributed by atoms with Crippen LogP contribution in [0.25, 0.3) is 0 Å². The number of nitrogens with one attached hydrogen (secondary N) is 1. The number of aliphatic hydroxyl groups excluding tert-OH is 1. The van der Waals surface area contributed by atoms with E-state index in [1.165, 1.54) is 0 Å². The van der Waals surface area contributed by atoms with Crippen LogP contribution in [0.15, 0.2) is 18.2 Å². The van der Waals surface area contributed by atoms with Crippen LogP contribution < -0.4 is 14.8 Å². The minimum atomic E-state index is -0.593. The predicted octanol–water partition coefficient (Wildman–Crippen LogP) is 1.83. The average molecular weight is 283 g/mol. The molecule has 1 aromatic rings. The van der Waals surface area contributed by atoms with Crippen LogP contribution in [0.1, 0.15) is 18.1 Å². The first-order valence-electron chi connectivity index (χ1n) is 6.50. The summed E-state index contributed by atoms with van der Waals surface area (Å²) < 4.78 is 11.4. The maximum atomic E-state index is 10.2. The Hall–Kier alpha value is -0.910. The summed E-state index contributed by atoms with van der Waals surface area (Å²) in [4.78, 5) is 0. The van der Waals surface area contributed by atoms with E-state index in [0.717, 1.165) is 23.5 Å². The summed E-state index contributed by atoms with van der Waals surface area (Å²) in [6, 6.07) is 5.64. The standard InChI is InChI=1S/C14H21NO3S/c1-15-8-12(16)11-4-3-5-13(17-2)14(11)18-10-6-7-19-9-10/h3-5,10,12,15-16H,6-9H2,1-2H3. The van der Waals surface area contributed by atoms with Crippen LogP contribution in [0.5, 0.6) is 11.5 Å². The van der Waals surface area contributed by atoms with Crippen molar-refractivity contribution in [1.29, 1.82) is 0 Å². The second kappa shape index (κ2) is 7.03. The van der Waals surface area contributed by atoms with Gasteiger partial charge >= 0.3 is 0 Å². The van der Waals surface area contributed by atoms with Crippen LogP contribution in [0.3, 0.4) is 0 Å². The van der Waals surface area contributed by atoms with E-state index in [9.17, 15) is 5.11 Å². The molecule has 0 radical (unpaired) electrons. The van der Waals surface area contributed by atoms with Crippen molar-refractivity contribution in [2.45, 2.75) is 18.6 Å². The lowest BCUT2D eigenvalue weighted by atomic mass is 10.1. The van der Waals surface area contributed by atoms with E-state index >= 15 is 0 Å². The zero-order chi connectivity index (χ0) is 13.7. The Morgan fingerprint density at radius 2 is 2.37 bits per heavy atom. The fraction of sp³-hybridized carbons (Fsp3) is 0.571. The van der Waals surface area contributed by atoms with E-state index < -0.39 is 6.10 Å². The number of ether oxygens (including phenoxy) is 2. The maximum absolute atomic E-state index is 10.2. The van der Waals surface area contributed by atoms with Gasteiger partial charge in [-0.3, -0.25) is 0 Å². The molecule has 0 saturated carbocycles. The minimum Gasteiger partial charge on any atom is -0.493 e. The van der Waals surface area contributed by atoms with Gasteiger partial charge in [-0.2, -0.15) is 11.8 Å². The first-order valence-corrected chi connectivity index (χ1v) is 7.65. The van der Waals surface area contributed by atoms with Crippen LogP contribution in [0.2, 0.25) is 0 Å². The van der Waals surface area contributed by atoms with E-state index in [0.29, 0.717) is 18.0 Å². The van der Waals surface area contributed by atoms with Gasteiger partial charge in [0.2, 0.25) is 0 Å². The lowest BCUT2D eigenvalue weighted by Crippen LogP contribution is -2.20. The third-order valence-electron chi connectivity index (χ3n) is 3.16. The molecule has 106 valence electrons. The molecule has 0 spiro atoms. The van der Waals surface area contributed by atoms with E-state index in [4.69, 9.17) is 9.47 Å². The summed E-state index contributed by atoms with van der Waals surface area (Å²) in [6.45, 7) is 0.489. The smallest absolute Gasteiger partial charge is 0.167 e. The molecule has 19 heavy (non-hydrogen) atoms. The molecular formula is C14H21NO3S. The maximum Gasteiger partial charge on any atom is 0.167 e. The zero-order valence-corrected chi connectivity index (χ0v) is 12.2. The summed E-state index contributed by atoms with van der Waals surface area (Å²) in [5.74, 6) is 3.50. The highest BCUT2D eigenvalue weighted by molar-refractivity contribution is 7.99. The highest BCUT2D eigenvalue weighted by Crippen LogP contribution is 2.37. The number of hydrogen-bond donors (Lipinski definition) is 2. The Balaban J connectivity index is 2.25. The number of likely N-dealkylation sites (N-methyl/N-ethyl adjacent to an activating group) is 1. The second-order valence-corrected chi connectivity index (χ2v) is 5.71. The van der Waals surface area contributed by atoms with Crippen molar-refractivity contribution in [1.82, 2.24) is 5.32 Å². The molecule has 2 atom stereocenters. The van der Waals surface area contributed by atoms with Gasteiger partial charge in [0.05, 0.1) is 13.2 Å². The summed E-state index contributed by atoms with van der Waals surface area (Å²) in [7, 11) is 3.44. The van der Waals surface area contributed by atoms with Gasteiger partial charge in [0.1, 0.15) is 6.10 Å². The molecule has 2 rings (SSSR count). The number of para-hydroxylation sites is 1. The van der Waals surface area contributed by atoms with Crippen molar-refractivity contribution in [3.05, 3.63) is 23.8 Å². The first-order chi connectivity index (χ1) is 9.26. The topological polar surface area (TPSA) is 50.7 Å². The van der Waals surface area contributed by atoms with E-state index in [-0.39, 0.29) is 6.10 Å². The van der Waals surface area contributed by atoms with Crippen LogP contribution in [-0.2, 0) is 0 Å². The van der Waals surface area contributed by atoms with Crippen molar-refractivity contribution in [3.63, 3.8) is 0 Å². The lowest BCUT2D eigenvalue weighted by Gasteiger charge is -2.21. The Bertz CT molecular complexity index is 408. The molecule has 0 amide bonds. The lowest BCUT2D eigenvalue weighted by molar-refractivity contribution is 0.161. The van der Waals surface area contributed by atoms with Crippen molar-refractivity contribution >= 4 is 11.8 Å². The molecule has 0 aliphatic carbocycles. The first kappa shape index (κ1) is 14.5. The Kier molecular flexibility index (Phi) is 5.36. The summed E-state index contributed by atoms with van der Waals surface area (Å²) in [6.07, 6.45) is 0.663. The quantitative estimate of drug-likeness (QED) is 0.834. The number of hydrogen-bond acceptors (Lipinski definition) is 5. The zero-order valence-electron chi connectivity index (χ0n) is 11.4. The van der Waals surface area contributed by atoms with Crippen molar-refractivity contribution < 1.29 is 14.6 Å². The van der Waals surface area contributed by atoms with Crippen LogP contribution in [-0.4, -0.2) is 43.4 Å². The van der Waals surface area contributed by atoms with Gasteiger partial charge in [0.15, 0.2) is 11.5 Å². The Labute approximate surface area is 118 Å². The fourth-order valence-electron chi connectivity index (χ4n) is 2.16. The van der Waals surface area contributed by atoms with E-state index in [2.05, 4.69) is 5.32 Å². The van der Waals surface area contributed by atoms with Gasteiger partial charge in [0, 0.05) is 17.9 Å². The predicted molar refractivity (Wildman–Crippen MR) is 78.2 cm³/mol. The van der Waals surface area contributed by atoms with Gasteiger partial charge in [-0.15, -0.1) is 0 Å². The normalized spacial score (nSPS) is 20.3. The molecule has 1 heterocycles. The van der Waals surface area contributed by atoms with E-state index in [1.807, 2.05) is 37.0 Å². The van der Waals surface area contributed by atoms with Gasteiger partial charge < -0.3 is 19.9 Å². The molecule has 1 aliphatic rings. The van der Waals surface area contributed by atoms with Gasteiger partial charge in [-0.25, -0.2) is 0 Å². The van der Waals surface area contributed by atoms with Crippen LogP contribution in [0.4, 0.5) is 0 Å². The Morgan fingerprint density at radius 3 is 3.00 bits per heavy atom. The number of rotatable bonds is 6. The molecule has 1 aliphatic heterocycles. The van der Waals surface area contributed by atoms with Gasteiger partial charge in [-0.05, 0) is 25.3 Å². The molecule has 0 bridgehead atoms. The Morgan fingerprint density at radius 1 is 1.53 bits per heavy atom. The number of benzene rings is 1. The SMILES string of the molecule is CNCC(O)c1cccc(OC)c1OC1CCSC1. The highest BCUT2D eigenvalue weighted by atomic mass is 32.2. The monoisotopic (exact) mass is 283 g/mol.